The SMILES string of the molecule is O=C(O/N=C(\C(=N/O)c1ccccc1)c1ccccc1)C1=CCCC=C1. The zero-order valence-corrected chi connectivity index (χ0v) is 14.1. The highest BCUT2D eigenvalue weighted by Crippen LogP contribution is 2.14. The molecule has 0 spiro atoms. The minimum absolute atomic E-state index is 0.220. The van der Waals surface area contributed by atoms with Gasteiger partial charge in [0.1, 0.15) is 11.4 Å². The van der Waals surface area contributed by atoms with Crippen molar-refractivity contribution in [3.63, 3.8) is 0 Å². The summed E-state index contributed by atoms with van der Waals surface area (Å²) in [6, 6.07) is 18.2. The van der Waals surface area contributed by atoms with Gasteiger partial charge in [-0.05, 0) is 12.8 Å². The monoisotopic (exact) mass is 346 g/mol. The minimum Gasteiger partial charge on any atom is -0.410 e. The van der Waals surface area contributed by atoms with Gasteiger partial charge in [-0.25, -0.2) is 4.79 Å². The molecule has 26 heavy (non-hydrogen) atoms. The Morgan fingerprint density at radius 2 is 1.50 bits per heavy atom. The fraction of sp³-hybridized carbons (Fsp3) is 0.0952. The van der Waals surface area contributed by atoms with Gasteiger partial charge in [0.15, 0.2) is 0 Å². The van der Waals surface area contributed by atoms with Crippen LogP contribution in [0.2, 0.25) is 0 Å². The van der Waals surface area contributed by atoms with Crippen LogP contribution in [0.1, 0.15) is 24.0 Å². The van der Waals surface area contributed by atoms with Crippen LogP contribution in [-0.4, -0.2) is 22.6 Å². The van der Waals surface area contributed by atoms with E-state index in [1.807, 2.05) is 48.6 Å². The fourth-order valence-corrected chi connectivity index (χ4v) is 2.57. The molecule has 1 aliphatic rings. The van der Waals surface area contributed by atoms with Crippen LogP contribution in [0, 0.1) is 0 Å². The van der Waals surface area contributed by atoms with Crippen LogP contribution in [0.5, 0.6) is 0 Å². The van der Waals surface area contributed by atoms with Gasteiger partial charge in [0.2, 0.25) is 0 Å². The lowest BCUT2D eigenvalue weighted by atomic mass is 10.00. The van der Waals surface area contributed by atoms with Crippen molar-refractivity contribution in [2.24, 2.45) is 10.3 Å². The van der Waals surface area contributed by atoms with Gasteiger partial charge >= 0.3 is 5.97 Å². The van der Waals surface area contributed by atoms with Crippen LogP contribution >= 0.6 is 0 Å². The smallest absolute Gasteiger partial charge is 0.365 e. The molecule has 130 valence electrons. The summed E-state index contributed by atoms with van der Waals surface area (Å²) in [6.45, 7) is 0. The van der Waals surface area contributed by atoms with Crippen LogP contribution in [0.4, 0.5) is 0 Å². The largest absolute Gasteiger partial charge is 0.410 e. The van der Waals surface area contributed by atoms with E-state index in [-0.39, 0.29) is 11.4 Å². The zero-order chi connectivity index (χ0) is 18.2. The maximum atomic E-state index is 12.2. The molecule has 0 fully saturated rings. The molecule has 0 unspecified atom stereocenters. The summed E-state index contributed by atoms with van der Waals surface area (Å²) in [5.41, 5.74) is 2.29. The van der Waals surface area contributed by atoms with E-state index >= 15 is 0 Å². The van der Waals surface area contributed by atoms with Gasteiger partial charge < -0.3 is 10.0 Å². The van der Waals surface area contributed by atoms with Crippen LogP contribution in [-0.2, 0) is 9.63 Å². The van der Waals surface area contributed by atoms with Crippen LogP contribution in [0.25, 0.3) is 0 Å². The Labute approximate surface area is 151 Å². The predicted molar refractivity (Wildman–Crippen MR) is 100 cm³/mol. The van der Waals surface area contributed by atoms with Gasteiger partial charge in [0.05, 0.1) is 5.57 Å². The Kier molecular flexibility index (Phi) is 5.72. The summed E-state index contributed by atoms with van der Waals surface area (Å²) >= 11 is 0. The number of allylic oxidation sites excluding steroid dienone is 2. The van der Waals surface area contributed by atoms with Crippen molar-refractivity contribution < 1.29 is 14.8 Å². The topological polar surface area (TPSA) is 71.2 Å². The number of hydrogen-bond acceptors (Lipinski definition) is 5. The quantitative estimate of drug-likeness (QED) is 0.384. The average molecular weight is 346 g/mol. The molecule has 1 aliphatic carbocycles. The Balaban J connectivity index is 1.95. The Morgan fingerprint density at radius 1 is 0.885 bits per heavy atom. The number of rotatable bonds is 5. The second-order valence-electron chi connectivity index (χ2n) is 5.64. The Morgan fingerprint density at radius 3 is 2.04 bits per heavy atom. The number of hydrogen-bond donors (Lipinski definition) is 1. The lowest BCUT2D eigenvalue weighted by Gasteiger charge is -2.09. The van der Waals surface area contributed by atoms with Gasteiger partial charge in [-0.1, -0.05) is 89.2 Å². The summed E-state index contributed by atoms with van der Waals surface area (Å²) in [7, 11) is 0. The second kappa shape index (κ2) is 8.58. The highest BCUT2D eigenvalue weighted by Gasteiger charge is 2.18. The molecule has 0 aliphatic heterocycles. The van der Waals surface area contributed by atoms with Crippen molar-refractivity contribution in [2.75, 3.05) is 0 Å². The molecule has 1 N–H and O–H groups in total. The minimum atomic E-state index is -0.542. The van der Waals surface area contributed by atoms with Crippen LogP contribution in [0.15, 0.2) is 94.8 Å². The van der Waals surface area contributed by atoms with E-state index in [1.165, 1.54) is 0 Å². The van der Waals surface area contributed by atoms with Crippen molar-refractivity contribution >= 4 is 17.4 Å². The summed E-state index contributed by atoms with van der Waals surface area (Å²) in [5.74, 6) is -0.542. The molecule has 0 amide bonds. The molecule has 0 heterocycles. The van der Waals surface area contributed by atoms with Gasteiger partial charge in [-0.15, -0.1) is 0 Å². The molecule has 0 atom stereocenters. The van der Waals surface area contributed by atoms with Gasteiger partial charge in [-0.3, -0.25) is 0 Å². The van der Waals surface area contributed by atoms with E-state index in [4.69, 9.17) is 4.84 Å². The lowest BCUT2D eigenvalue weighted by molar-refractivity contribution is -0.138. The highest BCUT2D eigenvalue weighted by molar-refractivity contribution is 6.53. The molecule has 2 aromatic carbocycles. The van der Waals surface area contributed by atoms with E-state index in [2.05, 4.69) is 10.3 Å². The maximum absolute atomic E-state index is 12.2. The van der Waals surface area contributed by atoms with Gasteiger partial charge in [-0.2, -0.15) is 0 Å². The molecule has 0 saturated carbocycles. The molecule has 5 nitrogen and oxygen atoms in total. The zero-order valence-electron chi connectivity index (χ0n) is 14.1. The van der Waals surface area contributed by atoms with Crippen molar-refractivity contribution in [1.29, 1.82) is 0 Å². The number of benzene rings is 2. The first-order chi connectivity index (χ1) is 12.8. The summed E-state index contributed by atoms with van der Waals surface area (Å²) in [4.78, 5) is 17.4. The van der Waals surface area contributed by atoms with Crippen LogP contribution < -0.4 is 0 Å². The first-order valence-electron chi connectivity index (χ1n) is 8.29. The second-order valence-corrected chi connectivity index (χ2v) is 5.64. The molecular formula is C21H18N2O3. The third-order valence-electron chi connectivity index (χ3n) is 3.87. The summed E-state index contributed by atoms with van der Waals surface area (Å²) in [5, 5.41) is 17.0. The molecule has 3 rings (SSSR count). The van der Waals surface area contributed by atoms with E-state index in [9.17, 15) is 10.0 Å². The molecule has 5 heteroatoms. The molecule has 0 saturated heterocycles. The molecular weight excluding hydrogens is 328 g/mol. The third kappa shape index (κ3) is 4.13. The first-order valence-corrected chi connectivity index (χ1v) is 8.29. The normalized spacial score (nSPS) is 14.7. The first kappa shape index (κ1) is 17.4. The number of carbonyl (C=O) groups excluding carboxylic acids is 1. The van der Waals surface area contributed by atoms with E-state index in [0.717, 1.165) is 12.8 Å². The van der Waals surface area contributed by atoms with Crippen molar-refractivity contribution in [3.05, 3.63) is 95.6 Å². The summed E-state index contributed by atoms with van der Waals surface area (Å²) < 4.78 is 0. The summed E-state index contributed by atoms with van der Waals surface area (Å²) in [6.07, 6.45) is 7.16. The van der Waals surface area contributed by atoms with Crippen molar-refractivity contribution in [1.82, 2.24) is 0 Å². The van der Waals surface area contributed by atoms with E-state index in [1.54, 1.807) is 30.3 Å². The van der Waals surface area contributed by atoms with Crippen molar-refractivity contribution in [3.8, 4) is 0 Å². The third-order valence-corrected chi connectivity index (χ3v) is 3.87. The Bertz CT molecular complexity index is 882. The van der Waals surface area contributed by atoms with Gasteiger partial charge in [0.25, 0.3) is 0 Å². The van der Waals surface area contributed by atoms with Crippen molar-refractivity contribution in [2.45, 2.75) is 12.8 Å². The fourth-order valence-electron chi connectivity index (χ4n) is 2.57. The highest BCUT2D eigenvalue weighted by atomic mass is 16.7. The molecule has 0 bridgehead atoms. The number of carbonyl (C=O) groups is 1. The lowest BCUT2D eigenvalue weighted by Crippen LogP contribution is -2.19. The average Bonchev–Trinajstić information content (AvgIpc) is 2.73. The molecule has 0 aromatic heterocycles. The Hall–Kier alpha value is -3.47. The van der Waals surface area contributed by atoms with Crippen LogP contribution in [0.3, 0.4) is 0 Å². The maximum Gasteiger partial charge on any atom is 0.365 e. The molecule has 2 aromatic rings. The standard InChI is InChI=1S/C21H18N2O3/c24-21(18-14-8-3-9-15-18)26-23-20(17-12-6-2-7-13-17)19(22-25)16-10-4-1-5-11-16/h1-2,4-8,10-15,25H,3,9H2/b22-19-,23-20-. The number of oxime groups is 2. The van der Waals surface area contributed by atoms with E-state index < -0.39 is 5.97 Å². The predicted octanol–water partition coefficient (Wildman–Crippen LogP) is 4.09. The number of nitrogens with zero attached hydrogens (tertiary/aromatic N) is 2. The van der Waals surface area contributed by atoms with E-state index in [0.29, 0.717) is 16.7 Å². The van der Waals surface area contributed by atoms with Gasteiger partial charge in [0, 0.05) is 11.1 Å². The molecule has 0 radical (unpaired) electrons.